The van der Waals surface area contributed by atoms with Gasteiger partial charge in [-0.3, -0.25) is 4.90 Å². The first-order chi connectivity index (χ1) is 9.17. The van der Waals surface area contributed by atoms with Gasteiger partial charge in [-0.1, -0.05) is 11.8 Å². The Kier molecular flexibility index (Phi) is 7.72. The summed E-state index contributed by atoms with van der Waals surface area (Å²) in [5.74, 6) is 6.00. The van der Waals surface area contributed by atoms with Crippen molar-refractivity contribution in [2.24, 2.45) is 0 Å². The lowest BCUT2D eigenvalue weighted by Gasteiger charge is -2.19. The molecular weight excluding hydrogens is 262 g/mol. The van der Waals surface area contributed by atoms with Gasteiger partial charge in [-0.15, -0.1) is 11.3 Å². The van der Waals surface area contributed by atoms with E-state index in [0.717, 1.165) is 12.1 Å². The van der Waals surface area contributed by atoms with E-state index < -0.39 is 6.10 Å². The SMILES string of the molecule is COCC(O)CN(C)Cc1sccc1C#CCCO. The Morgan fingerprint density at radius 3 is 3.00 bits per heavy atom. The average molecular weight is 283 g/mol. The number of methoxy groups -OCH3 is 1. The topological polar surface area (TPSA) is 52.9 Å². The summed E-state index contributed by atoms with van der Waals surface area (Å²) >= 11 is 1.66. The van der Waals surface area contributed by atoms with Crippen LogP contribution in [0.4, 0.5) is 0 Å². The first kappa shape index (κ1) is 16.2. The standard InChI is InChI=1S/C14H21NO3S/c1-15(9-13(17)11-18-2)10-14-12(6-8-19-14)5-3-4-7-16/h6,8,13,16-17H,4,7,9-11H2,1-2H3. The van der Waals surface area contributed by atoms with Gasteiger partial charge in [0.1, 0.15) is 0 Å². The Morgan fingerprint density at radius 2 is 2.32 bits per heavy atom. The molecule has 2 N–H and O–H groups in total. The summed E-state index contributed by atoms with van der Waals surface area (Å²) in [7, 11) is 3.54. The molecule has 0 fully saturated rings. The minimum absolute atomic E-state index is 0.0928. The molecule has 5 heteroatoms. The van der Waals surface area contributed by atoms with E-state index in [2.05, 4.69) is 11.8 Å². The van der Waals surface area contributed by atoms with Crippen LogP contribution >= 0.6 is 11.3 Å². The molecule has 1 rings (SSSR count). The lowest BCUT2D eigenvalue weighted by molar-refractivity contribution is 0.0420. The fraction of sp³-hybridized carbons (Fsp3) is 0.571. The normalized spacial score (nSPS) is 12.3. The Morgan fingerprint density at radius 1 is 1.53 bits per heavy atom. The van der Waals surface area contributed by atoms with Crippen molar-refractivity contribution in [1.29, 1.82) is 0 Å². The number of aliphatic hydroxyl groups excluding tert-OH is 2. The van der Waals surface area contributed by atoms with Gasteiger partial charge < -0.3 is 14.9 Å². The van der Waals surface area contributed by atoms with Gasteiger partial charge in [0.05, 0.1) is 19.3 Å². The summed E-state index contributed by atoms with van der Waals surface area (Å²) in [6.45, 7) is 1.75. The number of nitrogens with zero attached hydrogens (tertiary/aromatic N) is 1. The van der Waals surface area contributed by atoms with Crippen LogP contribution in [-0.4, -0.2) is 55.1 Å². The molecule has 0 saturated carbocycles. The van der Waals surface area contributed by atoms with E-state index >= 15 is 0 Å². The maximum Gasteiger partial charge on any atom is 0.0900 e. The number of rotatable bonds is 7. The van der Waals surface area contributed by atoms with Crippen LogP contribution in [0.1, 0.15) is 16.9 Å². The van der Waals surface area contributed by atoms with E-state index in [1.807, 2.05) is 23.4 Å². The monoisotopic (exact) mass is 283 g/mol. The smallest absolute Gasteiger partial charge is 0.0900 e. The van der Waals surface area contributed by atoms with Gasteiger partial charge >= 0.3 is 0 Å². The maximum atomic E-state index is 9.67. The van der Waals surface area contributed by atoms with Crippen LogP contribution in [-0.2, 0) is 11.3 Å². The highest BCUT2D eigenvalue weighted by Gasteiger charge is 2.10. The molecule has 19 heavy (non-hydrogen) atoms. The zero-order valence-corrected chi connectivity index (χ0v) is 12.2. The molecule has 1 unspecified atom stereocenters. The second kappa shape index (κ2) is 9.08. The lowest BCUT2D eigenvalue weighted by Crippen LogP contribution is -2.31. The predicted molar refractivity (Wildman–Crippen MR) is 77.1 cm³/mol. The number of aliphatic hydroxyl groups is 2. The first-order valence-corrected chi connectivity index (χ1v) is 7.07. The molecule has 0 saturated heterocycles. The second-order valence-corrected chi connectivity index (χ2v) is 5.34. The van der Waals surface area contributed by atoms with Crippen LogP contribution in [0.25, 0.3) is 0 Å². The van der Waals surface area contributed by atoms with E-state index in [0.29, 0.717) is 19.6 Å². The molecule has 0 radical (unpaired) electrons. The van der Waals surface area contributed by atoms with Gasteiger partial charge in [0.25, 0.3) is 0 Å². The molecule has 0 aliphatic heterocycles. The van der Waals surface area contributed by atoms with Crippen LogP contribution in [0, 0.1) is 11.8 Å². The summed E-state index contributed by atoms with van der Waals surface area (Å²) in [4.78, 5) is 3.23. The van der Waals surface area contributed by atoms with Gasteiger partial charge in [-0.2, -0.15) is 0 Å². The van der Waals surface area contributed by atoms with Crippen LogP contribution < -0.4 is 0 Å². The molecule has 0 amide bonds. The third-order valence-electron chi connectivity index (χ3n) is 2.50. The lowest BCUT2D eigenvalue weighted by atomic mass is 10.2. The third kappa shape index (κ3) is 6.19. The third-order valence-corrected chi connectivity index (χ3v) is 3.41. The summed E-state index contributed by atoms with van der Waals surface area (Å²) in [6.07, 6.45) is 0.0244. The highest BCUT2D eigenvalue weighted by Crippen LogP contribution is 2.17. The zero-order valence-electron chi connectivity index (χ0n) is 11.4. The number of ether oxygens (including phenoxy) is 1. The van der Waals surface area contributed by atoms with Gasteiger partial charge in [0.2, 0.25) is 0 Å². The largest absolute Gasteiger partial charge is 0.395 e. The maximum absolute atomic E-state index is 9.67. The van der Waals surface area contributed by atoms with E-state index in [-0.39, 0.29) is 6.61 Å². The highest BCUT2D eigenvalue weighted by atomic mass is 32.1. The van der Waals surface area contributed by atoms with E-state index in [1.165, 1.54) is 4.88 Å². The predicted octanol–water partition coefficient (Wildman–Crippen LogP) is 0.921. The van der Waals surface area contributed by atoms with Crippen molar-refractivity contribution in [1.82, 2.24) is 4.90 Å². The van der Waals surface area contributed by atoms with Crippen LogP contribution in [0.5, 0.6) is 0 Å². The Balaban J connectivity index is 2.53. The first-order valence-electron chi connectivity index (χ1n) is 6.19. The van der Waals surface area contributed by atoms with E-state index in [1.54, 1.807) is 18.4 Å². The molecule has 0 aliphatic rings. The van der Waals surface area contributed by atoms with E-state index in [4.69, 9.17) is 9.84 Å². The van der Waals surface area contributed by atoms with Crippen molar-refractivity contribution in [3.8, 4) is 11.8 Å². The molecule has 0 bridgehead atoms. The average Bonchev–Trinajstić information content (AvgIpc) is 2.77. The van der Waals surface area contributed by atoms with Crippen molar-refractivity contribution in [2.75, 3.05) is 33.9 Å². The number of hydrogen-bond acceptors (Lipinski definition) is 5. The molecule has 1 atom stereocenters. The fourth-order valence-corrected chi connectivity index (χ4v) is 2.61. The molecule has 1 aromatic rings. The Hall–Kier alpha value is -0.900. The van der Waals surface area contributed by atoms with E-state index in [9.17, 15) is 5.11 Å². The summed E-state index contributed by atoms with van der Waals surface area (Å²) < 4.78 is 4.91. The summed E-state index contributed by atoms with van der Waals surface area (Å²) in [5.41, 5.74) is 1.01. The van der Waals surface area contributed by atoms with Gasteiger partial charge in [-0.05, 0) is 18.5 Å². The molecule has 106 valence electrons. The Bertz CT molecular complexity index is 422. The van der Waals surface area contributed by atoms with Crippen molar-refractivity contribution in [3.63, 3.8) is 0 Å². The number of hydrogen-bond donors (Lipinski definition) is 2. The van der Waals surface area contributed by atoms with Gasteiger partial charge in [0.15, 0.2) is 0 Å². The molecule has 0 spiro atoms. The number of thiophene rings is 1. The van der Waals surface area contributed by atoms with Crippen LogP contribution in [0.2, 0.25) is 0 Å². The van der Waals surface area contributed by atoms with Crippen LogP contribution in [0.3, 0.4) is 0 Å². The number of likely N-dealkylation sites (N-methyl/N-ethyl adjacent to an activating group) is 1. The fourth-order valence-electron chi connectivity index (χ4n) is 1.70. The van der Waals surface area contributed by atoms with Gasteiger partial charge in [0, 0.05) is 37.1 Å². The minimum Gasteiger partial charge on any atom is -0.395 e. The van der Waals surface area contributed by atoms with Gasteiger partial charge in [-0.25, -0.2) is 0 Å². The van der Waals surface area contributed by atoms with Crippen molar-refractivity contribution < 1.29 is 14.9 Å². The Labute approximate surface area is 118 Å². The molecule has 0 aliphatic carbocycles. The zero-order chi connectivity index (χ0) is 14.1. The molecule has 0 aromatic carbocycles. The van der Waals surface area contributed by atoms with Crippen LogP contribution in [0.15, 0.2) is 11.4 Å². The van der Waals surface area contributed by atoms with Crippen molar-refractivity contribution in [2.45, 2.75) is 19.1 Å². The van der Waals surface area contributed by atoms with Crippen molar-refractivity contribution in [3.05, 3.63) is 21.9 Å². The molecule has 4 nitrogen and oxygen atoms in total. The second-order valence-electron chi connectivity index (χ2n) is 4.34. The highest BCUT2D eigenvalue weighted by molar-refractivity contribution is 7.10. The summed E-state index contributed by atoms with van der Waals surface area (Å²) in [5, 5.41) is 20.4. The quantitative estimate of drug-likeness (QED) is 0.731. The summed E-state index contributed by atoms with van der Waals surface area (Å²) in [6, 6.07) is 1.99. The minimum atomic E-state index is -0.473. The molecule has 1 heterocycles. The van der Waals surface area contributed by atoms with Crippen molar-refractivity contribution >= 4 is 11.3 Å². The molecule has 1 aromatic heterocycles. The molecular formula is C14H21NO3S.